The van der Waals surface area contributed by atoms with Crippen LogP contribution in [0.4, 0.5) is 0 Å². The summed E-state index contributed by atoms with van der Waals surface area (Å²) in [6.07, 6.45) is 0. The second-order valence-electron chi connectivity index (χ2n) is 5.76. The zero-order valence-corrected chi connectivity index (χ0v) is 15.0. The highest BCUT2D eigenvalue weighted by molar-refractivity contribution is 6.97. The SMILES string of the molecule is [CH2]CNCCN1[Si](CC)(CC)CC[Si]1(CC)CC. The van der Waals surface area contributed by atoms with Gasteiger partial charge in [0, 0.05) is 6.54 Å². The third kappa shape index (κ3) is 2.92. The molecule has 1 saturated heterocycles. The first-order valence-corrected chi connectivity index (χ1v) is 13.1. The standard InChI is InChI=1S/C14H33N2Si2/c1-6-15-11-12-16-17(7-2,8-3)13-14-18(16,9-4)10-5/h15H,1,6-14H2,2-5H3. The molecule has 4 heteroatoms. The fourth-order valence-corrected chi connectivity index (χ4v) is 20.0. The lowest BCUT2D eigenvalue weighted by molar-refractivity contribution is 0.566. The number of rotatable bonds is 8. The van der Waals surface area contributed by atoms with E-state index in [1.54, 1.807) is 12.1 Å². The molecular formula is C14H33N2Si2. The lowest BCUT2D eigenvalue weighted by Crippen LogP contribution is -2.61. The van der Waals surface area contributed by atoms with Crippen LogP contribution in [0.1, 0.15) is 27.7 Å². The van der Waals surface area contributed by atoms with Gasteiger partial charge in [-0.05, 0) is 56.3 Å². The molecule has 1 radical (unpaired) electrons. The fraction of sp³-hybridized carbons (Fsp3) is 0.929. The van der Waals surface area contributed by atoms with Crippen LogP contribution in [0.3, 0.4) is 0 Å². The Kier molecular flexibility index (Phi) is 6.58. The molecule has 0 aliphatic carbocycles. The molecule has 0 saturated carbocycles. The normalized spacial score (nSPS) is 22.5. The van der Waals surface area contributed by atoms with E-state index in [2.05, 4.69) is 44.2 Å². The molecule has 0 unspecified atom stereocenters. The molecule has 2 nitrogen and oxygen atoms in total. The highest BCUT2D eigenvalue weighted by Crippen LogP contribution is 2.44. The van der Waals surface area contributed by atoms with Gasteiger partial charge in [-0.2, -0.15) is 0 Å². The molecule has 0 bridgehead atoms. The van der Waals surface area contributed by atoms with Crippen molar-refractivity contribution in [3.05, 3.63) is 6.92 Å². The molecule has 18 heavy (non-hydrogen) atoms. The van der Waals surface area contributed by atoms with E-state index >= 15 is 0 Å². The molecule has 0 aromatic carbocycles. The van der Waals surface area contributed by atoms with E-state index in [-0.39, 0.29) is 0 Å². The average molecular weight is 286 g/mol. The molecule has 107 valence electrons. The second kappa shape index (κ2) is 7.22. The number of nitrogens with one attached hydrogen (secondary N) is 1. The third-order valence-corrected chi connectivity index (χ3v) is 19.2. The highest BCUT2D eigenvalue weighted by atomic mass is 28.4. The zero-order chi connectivity index (χ0) is 13.6. The van der Waals surface area contributed by atoms with Crippen LogP contribution in [0.15, 0.2) is 0 Å². The van der Waals surface area contributed by atoms with Crippen molar-refractivity contribution in [1.29, 1.82) is 0 Å². The van der Waals surface area contributed by atoms with E-state index in [0.717, 1.165) is 13.1 Å². The molecule has 1 rings (SSSR count). The highest BCUT2D eigenvalue weighted by Gasteiger charge is 2.53. The van der Waals surface area contributed by atoms with Crippen molar-refractivity contribution in [2.45, 2.75) is 64.0 Å². The van der Waals surface area contributed by atoms with E-state index in [1.807, 2.05) is 0 Å². The number of hydrogen-bond acceptors (Lipinski definition) is 2. The van der Waals surface area contributed by atoms with Crippen molar-refractivity contribution in [2.24, 2.45) is 0 Å². The lowest BCUT2D eigenvalue weighted by Gasteiger charge is -2.45. The molecule has 0 aromatic heterocycles. The predicted octanol–water partition coefficient (Wildman–Crippen LogP) is 3.70. The van der Waals surface area contributed by atoms with Crippen molar-refractivity contribution in [2.75, 3.05) is 19.6 Å². The maximum absolute atomic E-state index is 3.90. The van der Waals surface area contributed by atoms with Crippen LogP contribution in [-0.2, 0) is 0 Å². The molecule has 0 spiro atoms. The van der Waals surface area contributed by atoms with Crippen LogP contribution in [0.25, 0.3) is 0 Å². The summed E-state index contributed by atoms with van der Waals surface area (Å²) in [5.41, 5.74) is 0. The topological polar surface area (TPSA) is 15.3 Å². The summed E-state index contributed by atoms with van der Waals surface area (Å²) in [4.78, 5) is 0. The average Bonchev–Trinajstić information content (AvgIpc) is 2.74. The third-order valence-electron chi connectivity index (χ3n) is 5.52. The van der Waals surface area contributed by atoms with Crippen molar-refractivity contribution in [3.63, 3.8) is 0 Å². The summed E-state index contributed by atoms with van der Waals surface area (Å²) < 4.78 is 3.13. The van der Waals surface area contributed by atoms with Crippen LogP contribution >= 0.6 is 0 Å². The smallest absolute Gasteiger partial charge is 0.121 e. The van der Waals surface area contributed by atoms with Gasteiger partial charge in [-0.15, -0.1) is 0 Å². The van der Waals surface area contributed by atoms with Gasteiger partial charge in [0.05, 0.1) is 0 Å². The van der Waals surface area contributed by atoms with Crippen molar-refractivity contribution in [1.82, 2.24) is 9.55 Å². The van der Waals surface area contributed by atoms with Gasteiger partial charge in [-0.1, -0.05) is 27.7 Å². The Morgan fingerprint density at radius 1 is 0.944 bits per heavy atom. The van der Waals surface area contributed by atoms with Gasteiger partial charge in [0.15, 0.2) is 0 Å². The first kappa shape index (κ1) is 16.4. The van der Waals surface area contributed by atoms with Gasteiger partial charge < -0.3 is 9.55 Å². The Morgan fingerprint density at radius 2 is 1.39 bits per heavy atom. The van der Waals surface area contributed by atoms with E-state index in [1.165, 1.54) is 30.7 Å². The Morgan fingerprint density at radius 3 is 1.72 bits per heavy atom. The van der Waals surface area contributed by atoms with Crippen molar-refractivity contribution < 1.29 is 0 Å². The van der Waals surface area contributed by atoms with E-state index in [9.17, 15) is 0 Å². The Balaban J connectivity index is 2.87. The van der Waals surface area contributed by atoms with Gasteiger partial charge in [0.25, 0.3) is 0 Å². The second-order valence-corrected chi connectivity index (χ2v) is 16.0. The molecule has 1 aliphatic heterocycles. The van der Waals surface area contributed by atoms with Crippen LogP contribution in [0.5, 0.6) is 0 Å². The Hall–Kier alpha value is 0.354. The Bertz CT molecular complexity index is 218. The quantitative estimate of drug-likeness (QED) is 0.540. The first-order chi connectivity index (χ1) is 8.64. The molecule has 0 amide bonds. The van der Waals surface area contributed by atoms with E-state index in [4.69, 9.17) is 0 Å². The molecule has 0 atom stereocenters. The number of nitrogens with zero attached hydrogens (tertiary/aromatic N) is 1. The molecule has 1 N–H and O–H groups in total. The van der Waals surface area contributed by atoms with Gasteiger partial charge >= 0.3 is 0 Å². The fourth-order valence-electron chi connectivity index (χ4n) is 4.00. The summed E-state index contributed by atoms with van der Waals surface area (Å²) in [6.45, 7) is 17.0. The summed E-state index contributed by atoms with van der Waals surface area (Å²) >= 11 is 0. The van der Waals surface area contributed by atoms with Crippen LogP contribution < -0.4 is 5.32 Å². The van der Waals surface area contributed by atoms with E-state index < -0.39 is 16.5 Å². The van der Waals surface area contributed by atoms with Gasteiger partial charge in [-0.25, -0.2) is 0 Å². The summed E-state index contributed by atoms with van der Waals surface area (Å²) in [5.74, 6) is 0. The predicted molar refractivity (Wildman–Crippen MR) is 88.0 cm³/mol. The van der Waals surface area contributed by atoms with Crippen molar-refractivity contribution in [3.8, 4) is 0 Å². The number of hydrogen-bond donors (Lipinski definition) is 1. The van der Waals surface area contributed by atoms with Crippen LogP contribution in [0, 0.1) is 6.92 Å². The van der Waals surface area contributed by atoms with Crippen molar-refractivity contribution >= 4 is 16.5 Å². The summed E-state index contributed by atoms with van der Waals surface area (Å²) in [6, 6.07) is 9.01. The molecule has 0 aromatic rings. The maximum atomic E-state index is 3.90. The first-order valence-electron chi connectivity index (χ1n) is 7.92. The molecule has 1 heterocycles. The summed E-state index contributed by atoms with van der Waals surface area (Å²) in [7, 11) is -2.20. The van der Waals surface area contributed by atoms with Crippen LogP contribution in [0.2, 0.25) is 36.3 Å². The molecule has 1 fully saturated rings. The monoisotopic (exact) mass is 285 g/mol. The largest absolute Gasteiger partial charge is 0.344 e. The van der Waals surface area contributed by atoms with E-state index in [0.29, 0.717) is 0 Å². The van der Waals surface area contributed by atoms with Crippen LogP contribution in [-0.4, -0.2) is 40.3 Å². The summed E-state index contributed by atoms with van der Waals surface area (Å²) in [5, 5.41) is 3.44. The van der Waals surface area contributed by atoms with Gasteiger partial charge in [0.2, 0.25) is 0 Å². The van der Waals surface area contributed by atoms with Gasteiger partial charge in [0.1, 0.15) is 16.5 Å². The minimum Gasteiger partial charge on any atom is -0.344 e. The lowest BCUT2D eigenvalue weighted by atomic mass is 10.6. The Labute approximate surface area is 117 Å². The zero-order valence-electron chi connectivity index (χ0n) is 13.0. The molecular weight excluding hydrogens is 252 g/mol. The maximum Gasteiger partial charge on any atom is 0.121 e. The minimum absolute atomic E-state index is 0.869. The van der Waals surface area contributed by atoms with Gasteiger partial charge in [-0.3, -0.25) is 0 Å². The minimum atomic E-state index is -1.10. The molecule has 1 aliphatic rings.